The minimum Gasteiger partial charge on any atom is -0.451 e. The number of anilines is 2. The van der Waals surface area contributed by atoms with E-state index in [2.05, 4.69) is 10.2 Å². The molecule has 3 N–H and O–H groups in total. The zero-order valence-electron chi connectivity index (χ0n) is 15.8. The Bertz CT molecular complexity index is 1050. The van der Waals surface area contributed by atoms with Gasteiger partial charge in [-0.15, -0.1) is 0 Å². The van der Waals surface area contributed by atoms with E-state index in [1.807, 2.05) is 37.3 Å². The van der Waals surface area contributed by atoms with Crippen LogP contribution in [0.25, 0.3) is 11.0 Å². The molecule has 1 aliphatic heterocycles. The third-order valence-corrected chi connectivity index (χ3v) is 5.28. The number of carbonyl (C=O) groups excluding carboxylic acids is 2. The summed E-state index contributed by atoms with van der Waals surface area (Å²) in [6.07, 6.45) is 3.41. The molecule has 2 heterocycles. The summed E-state index contributed by atoms with van der Waals surface area (Å²) in [5, 5.41) is 3.85. The highest BCUT2D eigenvalue weighted by Crippen LogP contribution is 2.31. The molecule has 2 aromatic carbocycles. The molecule has 0 atom stereocenters. The van der Waals surface area contributed by atoms with Crippen LogP contribution >= 0.6 is 0 Å². The van der Waals surface area contributed by atoms with Gasteiger partial charge in [0.05, 0.1) is 11.4 Å². The average Bonchev–Trinajstić information content (AvgIpc) is 3.05. The number of nitrogens with one attached hydrogen (secondary N) is 1. The van der Waals surface area contributed by atoms with Crippen LogP contribution in [0.1, 0.15) is 45.7 Å². The van der Waals surface area contributed by atoms with Crippen LogP contribution in [-0.2, 0) is 0 Å². The van der Waals surface area contributed by atoms with E-state index in [0.29, 0.717) is 16.8 Å². The van der Waals surface area contributed by atoms with Crippen LogP contribution in [0.4, 0.5) is 11.4 Å². The van der Waals surface area contributed by atoms with Crippen molar-refractivity contribution in [2.75, 3.05) is 23.3 Å². The molecule has 0 spiro atoms. The zero-order valence-corrected chi connectivity index (χ0v) is 15.8. The Morgan fingerprint density at radius 1 is 1.07 bits per heavy atom. The number of para-hydroxylation sites is 1. The highest BCUT2D eigenvalue weighted by molar-refractivity contribution is 6.08. The van der Waals surface area contributed by atoms with Crippen LogP contribution in [0.15, 0.2) is 46.9 Å². The molecule has 3 aromatic rings. The van der Waals surface area contributed by atoms with Gasteiger partial charge in [-0.05, 0) is 50.5 Å². The van der Waals surface area contributed by atoms with Crippen molar-refractivity contribution in [1.29, 1.82) is 0 Å². The normalized spacial score (nSPS) is 14.2. The first kappa shape index (κ1) is 18.1. The van der Waals surface area contributed by atoms with Crippen LogP contribution in [0.2, 0.25) is 0 Å². The Morgan fingerprint density at radius 3 is 2.54 bits per heavy atom. The molecule has 0 saturated carbocycles. The Kier molecular flexibility index (Phi) is 4.77. The first-order valence-corrected chi connectivity index (χ1v) is 9.53. The van der Waals surface area contributed by atoms with Gasteiger partial charge in [0.1, 0.15) is 5.58 Å². The molecule has 0 aliphatic carbocycles. The predicted octanol–water partition coefficient (Wildman–Crippen LogP) is 4.08. The van der Waals surface area contributed by atoms with E-state index in [0.717, 1.165) is 42.6 Å². The van der Waals surface area contributed by atoms with Crippen molar-refractivity contribution >= 4 is 34.2 Å². The van der Waals surface area contributed by atoms with Crippen molar-refractivity contribution in [2.24, 2.45) is 5.73 Å². The molecule has 0 unspecified atom stereocenters. The number of furan rings is 1. The van der Waals surface area contributed by atoms with Crippen molar-refractivity contribution in [3.05, 3.63) is 59.4 Å². The summed E-state index contributed by atoms with van der Waals surface area (Å²) in [5.41, 5.74) is 8.73. The summed E-state index contributed by atoms with van der Waals surface area (Å²) in [6.45, 7) is 3.71. The van der Waals surface area contributed by atoms with Gasteiger partial charge < -0.3 is 20.4 Å². The van der Waals surface area contributed by atoms with Crippen LogP contribution in [0.5, 0.6) is 0 Å². The number of carbonyl (C=O) groups is 2. The number of fused-ring (bicyclic) bond motifs is 1. The van der Waals surface area contributed by atoms with Crippen LogP contribution in [0, 0.1) is 6.92 Å². The number of benzene rings is 2. The molecule has 0 bridgehead atoms. The lowest BCUT2D eigenvalue weighted by molar-refractivity contribution is 0.0989. The number of piperidine rings is 1. The van der Waals surface area contributed by atoms with Crippen molar-refractivity contribution in [1.82, 2.24) is 0 Å². The van der Waals surface area contributed by atoms with Gasteiger partial charge in [0.25, 0.3) is 5.91 Å². The van der Waals surface area contributed by atoms with Gasteiger partial charge in [-0.25, -0.2) is 0 Å². The molecule has 6 heteroatoms. The maximum atomic E-state index is 13.0. The van der Waals surface area contributed by atoms with Crippen molar-refractivity contribution in [3.8, 4) is 0 Å². The summed E-state index contributed by atoms with van der Waals surface area (Å²) >= 11 is 0. The molecule has 2 amide bonds. The van der Waals surface area contributed by atoms with Gasteiger partial charge in [-0.2, -0.15) is 0 Å². The summed E-state index contributed by atoms with van der Waals surface area (Å²) in [6, 6.07) is 12.8. The fourth-order valence-corrected chi connectivity index (χ4v) is 3.77. The molecule has 4 rings (SSSR count). The number of aryl methyl sites for hydroxylation is 1. The number of primary amides is 1. The molecule has 0 radical (unpaired) electrons. The highest BCUT2D eigenvalue weighted by atomic mass is 16.3. The maximum absolute atomic E-state index is 13.0. The van der Waals surface area contributed by atoms with Crippen molar-refractivity contribution < 1.29 is 14.0 Å². The standard InChI is InChI=1S/C22H23N3O3/c1-14-16-7-3-4-8-19(16)28-20(14)22(27)24-17-13-15(21(23)26)9-10-18(17)25-11-5-2-6-12-25/h3-4,7-10,13H,2,5-6,11-12H2,1H3,(H2,23,26)(H,24,27). The largest absolute Gasteiger partial charge is 0.451 e. The second kappa shape index (κ2) is 7.38. The van der Waals surface area contributed by atoms with E-state index >= 15 is 0 Å². The van der Waals surface area contributed by atoms with Gasteiger partial charge in [0.15, 0.2) is 5.76 Å². The molecule has 1 fully saturated rings. The van der Waals surface area contributed by atoms with E-state index in [4.69, 9.17) is 10.2 Å². The third kappa shape index (κ3) is 3.33. The zero-order chi connectivity index (χ0) is 19.7. The lowest BCUT2D eigenvalue weighted by Gasteiger charge is -2.30. The molecule has 1 aliphatic rings. The lowest BCUT2D eigenvalue weighted by Crippen LogP contribution is -2.30. The van der Waals surface area contributed by atoms with Crippen LogP contribution < -0.4 is 16.0 Å². The van der Waals surface area contributed by atoms with E-state index in [9.17, 15) is 9.59 Å². The topological polar surface area (TPSA) is 88.6 Å². The van der Waals surface area contributed by atoms with Gasteiger partial charge in [0.2, 0.25) is 5.91 Å². The molecule has 1 aromatic heterocycles. The van der Waals surface area contributed by atoms with Gasteiger partial charge in [-0.3, -0.25) is 9.59 Å². The minimum absolute atomic E-state index is 0.273. The summed E-state index contributed by atoms with van der Waals surface area (Å²) < 4.78 is 5.78. The lowest BCUT2D eigenvalue weighted by atomic mass is 10.1. The van der Waals surface area contributed by atoms with Crippen molar-refractivity contribution in [2.45, 2.75) is 26.2 Å². The van der Waals surface area contributed by atoms with E-state index in [1.165, 1.54) is 6.42 Å². The molecule has 1 saturated heterocycles. The number of rotatable bonds is 4. The summed E-state index contributed by atoms with van der Waals surface area (Å²) in [7, 11) is 0. The highest BCUT2D eigenvalue weighted by Gasteiger charge is 2.21. The smallest absolute Gasteiger partial charge is 0.291 e. The SMILES string of the molecule is Cc1c(C(=O)Nc2cc(C(N)=O)ccc2N2CCCCC2)oc2ccccc12. The quantitative estimate of drug-likeness (QED) is 0.717. The molecule has 28 heavy (non-hydrogen) atoms. The molecular weight excluding hydrogens is 354 g/mol. The van der Waals surface area contributed by atoms with E-state index in [1.54, 1.807) is 12.1 Å². The average molecular weight is 377 g/mol. The number of nitrogens with two attached hydrogens (primary N) is 1. The first-order valence-electron chi connectivity index (χ1n) is 9.53. The minimum atomic E-state index is -0.527. The molecule has 144 valence electrons. The maximum Gasteiger partial charge on any atom is 0.291 e. The number of amides is 2. The fraction of sp³-hybridized carbons (Fsp3) is 0.273. The second-order valence-corrected chi connectivity index (χ2v) is 7.15. The van der Waals surface area contributed by atoms with Gasteiger partial charge in [0, 0.05) is 29.6 Å². The van der Waals surface area contributed by atoms with E-state index < -0.39 is 5.91 Å². The number of nitrogens with zero attached hydrogens (tertiary/aromatic N) is 1. The Morgan fingerprint density at radius 2 is 1.82 bits per heavy atom. The third-order valence-electron chi connectivity index (χ3n) is 5.28. The van der Waals surface area contributed by atoms with Crippen LogP contribution in [-0.4, -0.2) is 24.9 Å². The summed E-state index contributed by atoms with van der Waals surface area (Å²) in [5.74, 6) is -0.593. The fourth-order valence-electron chi connectivity index (χ4n) is 3.77. The Balaban J connectivity index is 1.70. The summed E-state index contributed by atoms with van der Waals surface area (Å²) in [4.78, 5) is 26.9. The molecule has 6 nitrogen and oxygen atoms in total. The number of hydrogen-bond donors (Lipinski definition) is 2. The van der Waals surface area contributed by atoms with Crippen LogP contribution in [0.3, 0.4) is 0 Å². The monoisotopic (exact) mass is 377 g/mol. The first-order chi connectivity index (χ1) is 13.5. The molecular formula is C22H23N3O3. The van der Waals surface area contributed by atoms with Gasteiger partial charge in [-0.1, -0.05) is 18.2 Å². The predicted molar refractivity (Wildman–Crippen MR) is 110 cm³/mol. The van der Waals surface area contributed by atoms with Gasteiger partial charge >= 0.3 is 0 Å². The Labute approximate surface area is 163 Å². The number of hydrogen-bond acceptors (Lipinski definition) is 4. The second-order valence-electron chi connectivity index (χ2n) is 7.15. The Hall–Kier alpha value is -3.28. The van der Waals surface area contributed by atoms with E-state index in [-0.39, 0.29) is 11.7 Å². The van der Waals surface area contributed by atoms with Crippen molar-refractivity contribution in [3.63, 3.8) is 0 Å².